The van der Waals surface area contributed by atoms with Gasteiger partial charge >= 0.3 is 51.4 Å². The van der Waals surface area contributed by atoms with Crippen molar-refractivity contribution in [1.82, 2.24) is 0 Å². The average molecular weight is 769 g/mol. The lowest BCUT2D eigenvalue weighted by atomic mass is 10.6. The predicted molar refractivity (Wildman–Crippen MR) is 222 cm³/mol. The Labute approximate surface area is 303 Å². The predicted octanol–water partition coefficient (Wildman–Crippen LogP) is 12.3. The van der Waals surface area contributed by atoms with Gasteiger partial charge in [0.15, 0.2) is 0 Å². The van der Waals surface area contributed by atoms with Gasteiger partial charge in [0.25, 0.3) is 0 Å². The van der Waals surface area contributed by atoms with Gasteiger partial charge in [-0.2, -0.15) is 0 Å². The Bertz CT molecular complexity index is 860. The van der Waals surface area contributed by atoms with E-state index in [1.165, 1.54) is 0 Å². The molecule has 0 bridgehead atoms. The molecule has 0 aliphatic carbocycles. The van der Waals surface area contributed by atoms with E-state index in [0.717, 1.165) is 0 Å². The van der Waals surface area contributed by atoms with Crippen molar-refractivity contribution in [2.45, 2.75) is 153 Å². The van der Waals surface area contributed by atoms with E-state index in [-0.39, 0.29) is 33.2 Å². The molecule has 0 aromatic carbocycles. The summed E-state index contributed by atoms with van der Waals surface area (Å²) in [5, 5.41) is 0. The molecule has 0 aromatic heterocycles. The molecule has 6 nitrogen and oxygen atoms in total. The van der Waals surface area contributed by atoms with Gasteiger partial charge in [-0.15, -0.1) is 39.5 Å². The molecule has 0 aromatic rings. The second-order valence-electron chi connectivity index (χ2n) is 15.4. The van der Waals surface area contributed by atoms with Crippen LogP contribution in [0.2, 0.25) is 69.5 Å². The van der Waals surface area contributed by atoms with Crippen LogP contribution in [0.4, 0.5) is 0 Å². The Morgan fingerprint density at radius 1 is 0.292 bits per heavy atom. The molecule has 1 saturated heterocycles. The standard InChI is InChI=1S/C36H72O6Si6/c1-19-25-43(31(7)8)37-44(26-20-2,32(9)10)39-46(28-22-4,34(13)14)41-48(30-24-6,36(17)18)42-47(29-23-5,35(15)16)40-45(38-43,27-21-3)33(11)12/h19-24,31-36H,1-6,25-30H2,7-18H3. The lowest BCUT2D eigenvalue weighted by Gasteiger charge is -2.57. The van der Waals surface area contributed by atoms with Crippen LogP contribution in [0.3, 0.4) is 0 Å². The highest BCUT2D eigenvalue weighted by Crippen LogP contribution is 2.50. The van der Waals surface area contributed by atoms with Crippen molar-refractivity contribution in [3.05, 3.63) is 75.9 Å². The molecule has 0 N–H and O–H groups in total. The third-order valence-electron chi connectivity index (χ3n) is 9.92. The zero-order chi connectivity index (χ0) is 37.2. The summed E-state index contributed by atoms with van der Waals surface area (Å²) in [5.74, 6) is 0. The minimum absolute atomic E-state index is 0.0762. The van der Waals surface area contributed by atoms with E-state index < -0.39 is 51.4 Å². The summed E-state index contributed by atoms with van der Waals surface area (Å²) in [7, 11) is -19.1. The molecule has 0 radical (unpaired) electrons. The molecule has 1 rings (SSSR count). The van der Waals surface area contributed by atoms with Crippen molar-refractivity contribution >= 4 is 51.4 Å². The van der Waals surface area contributed by atoms with Crippen LogP contribution in [0, 0.1) is 0 Å². The lowest BCUT2D eigenvalue weighted by molar-refractivity contribution is 0.197. The van der Waals surface area contributed by atoms with Crippen LogP contribution in [0.5, 0.6) is 0 Å². The van der Waals surface area contributed by atoms with Crippen molar-refractivity contribution in [2.75, 3.05) is 0 Å². The van der Waals surface area contributed by atoms with E-state index in [4.69, 9.17) is 24.7 Å². The summed E-state index contributed by atoms with van der Waals surface area (Å²) in [6.07, 6.45) is 11.8. The fraction of sp³-hybridized carbons (Fsp3) is 0.667. The Morgan fingerprint density at radius 2 is 0.396 bits per heavy atom. The van der Waals surface area contributed by atoms with Gasteiger partial charge in [-0.1, -0.05) is 120 Å². The van der Waals surface area contributed by atoms with Gasteiger partial charge in [-0.3, -0.25) is 0 Å². The molecular formula is C36H72O6Si6. The zero-order valence-corrected chi connectivity index (χ0v) is 38.9. The van der Waals surface area contributed by atoms with Crippen LogP contribution in [0.25, 0.3) is 0 Å². The molecule has 12 heteroatoms. The van der Waals surface area contributed by atoms with Gasteiger partial charge in [0.05, 0.1) is 0 Å². The van der Waals surface area contributed by atoms with E-state index in [1.807, 2.05) is 36.5 Å². The Morgan fingerprint density at radius 3 is 0.458 bits per heavy atom. The highest BCUT2D eigenvalue weighted by atomic mass is 28.5. The molecule has 1 aliphatic heterocycles. The summed E-state index contributed by atoms with van der Waals surface area (Å²) in [4.78, 5) is 0. The van der Waals surface area contributed by atoms with Gasteiger partial charge in [-0.25, -0.2) is 0 Å². The molecule has 1 aliphatic rings. The van der Waals surface area contributed by atoms with Crippen molar-refractivity contribution < 1.29 is 24.7 Å². The molecule has 48 heavy (non-hydrogen) atoms. The van der Waals surface area contributed by atoms with E-state index in [1.54, 1.807) is 0 Å². The molecule has 0 spiro atoms. The van der Waals surface area contributed by atoms with E-state index >= 15 is 0 Å². The van der Waals surface area contributed by atoms with Crippen molar-refractivity contribution in [3.8, 4) is 0 Å². The van der Waals surface area contributed by atoms with Crippen molar-refractivity contribution in [2.24, 2.45) is 0 Å². The van der Waals surface area contributed by atoms with Gasteiger partial charge in [-0.05, 0) is 33.2 Å². The fourth-order valence-electron chi connectivity index (χ4n) is 6.42. The number of allylic oxidation sites excluding steroid dienone is 6. The number of hydrogen-bond donors (Lipinski definition) is 0. The van der Waals surface area contributed by atoms with Crippen LogP contribution in [0.1, 0.15) is 83.1 Å². The molecule has 0 saturated carbocycles. The largest absolute Gasteiger partial charge is 0.415 e. The van der Waals surface area contributed by atoms with Crippen LogP contribution >= 0.6 is 0 Å². The topological polar surface area (TPSA) is 55.4 Å². The molecular weight excluding hydrogens is 697 g/mol. The van der Waals surface area contributed by atoms with Crippen molar-refractivity contribution in [1.29, 1.82) is 0 Å². The molecule has 1 heterocycles. The molecule has 0 atom stereocenters. The summed E-state index contributed by atoms with van der Waals surface area (Å²) >= 11 is 0. The van der Waals surface area contributed by atoms with Gasteiger partial charge in [0.1, 0.15) is 0 Å². The first-order chi connectivity index (χ1) is 22.3. The second kappa shape index (κ2) is 18.8. The minimum Gasteiger partial charge on any atom is -0.415 e. The van der Waals surface area contributed by atoms with E-state index in [9.17, 15) is 0 Å². The van der Waals surface area contributed by atoms with Crippen molar-refractivity contribution in [3.63, 3.8) is 0 Å². The Hall–Kier alpha value is -0.499. The fourth-order valence-corrected chi connectivity index (χ4v) is 44.3. The second-order valence-corrected chi connectivity index (χ2v) is 39.4. The third-order valence-corrected chi connectivity index (χ3v) is 42.2. The smallest absolute Gasteiger partial charge is 0.327 e. The first-order valence-electron chi connectivity index (χ1n) is 18.1. The average Bonchev–Trinajstić information content (AvgIpc) is 2.96. The highest BCUT2D eigenvalue weighted by molar-refractivity contribution is 6.97. The van der Waals surface area contributed by atoms with E-state index in [2.05, 4.69) is 123 Å². The molecule has 0 amide bonds. The maximum absolute atomic E-state index is 7.86. The number of hydrogen-bond acceptors (Lipinski definition) is 6. The van der Waals surface area contributed by atoms with Crippen LogP contribution in [0.15, 0.2) is 75.9 Å². The zero-order valence-electron chi connectivity index (χ0n) is 32.9. The summed E-state index contributed by atoms with van der Waals surface area (Å²) < 4.78 is 47.2. The summed E-state index contributed by atoms with van der Waals surface area (Å²) in [6.45, 7) is 52.2. The first kappa shape index (κ1) is 45.5. The maximum atomic E-state index is 7.86. The first-order valence-corrected chi connectivity index (χ1v) is 30.7. The van der Waals surface area contributed by atoms with Crippen LogP contribution in [-0.2, 0) is 24.7 Å². The highest BCUT2D eigenvalue weighted by Gasteiger charge is 2.65. The SMILES string of the molecule is C=CC[Si]1(C(C)C)O[Si](CC=C)(C(C)C)O[Si](CC=C)(C(C)C)O[Si](CC=C)(C(C)C)O[Si](CC=C)(C(C)C)O[Si](CC=C)(C(C)C)O1. The number of rotatable bonds is 18. The monoisotopic (exact) mass is 768 g/mol. The van der Waals surface area contributed by atoms with Gasteiger partial charge in [0, 0.05) is 36.3 Å². The normalized spacial score (nSPS) is 33.9. The molecule has 276 valence electrons. The lowest BCUT2D eigenvalue weighted by Crippen LogP contribution is -2.72. The molecule has 1 fully saturated rings. The van der Waals surface area contributed by atoms with Gasteiger partial charge in [0.2, 0.25) is 0 Å². The Kier molecular flexibility index (Phi) is 17.9. The van der Waals surface area contributed by atoms with Crippen LogP contribution < -0.4 is 0 Å². The molecule has 0 unspecified atom stereocenters. The summed E-state index contributed by atoms with van der Waals surface area (Å²) in [6, 6.07) is 3.62. The minimum atomic E-state index is -3.18. The third kappa shape index (κ3) is 9.88. The van der Waals surface area contributed by atoms with Crippen LogP contribution in [-0.4, -0.2) is 51.4 Å². The summed E-state index contributed by atoms with van der Waals surface area (Å²) in [5.41, 5.74) is 0.457. The quantitative estimate of drug-likeness (QED) is 0.102. The maximum Gasteiger partial charge on any atom is 0.327 e. The Balaban J connectivity index is 4.73. The van der Waals surface area contributed by atoms with E-state index in [0.29, 0.717) is 36.3 Å². The van der Waals surface area contributed by atoms with Gasteiger partial charge < -0.3 is 24.7 Å².